The van der Waals surface area contributed by atoms with Crippen molar-refractivity contribution in [3.05, 3.63) is 182 Å². The second kappa shape index (κ2) is 11.8. The highest BCUT2D eigenvalue weighted by Crippen LogP contribution is 2.49. The first-order valence-corrected chi connectivity index (χ1v) is 19.5. The van der Waals surface area contributed by atoms with Crippen LogP contribution in [0.25, 0.3) is 119 Å². The highest BCUT2D eigenvalue weighted by Gasteiger charge is 2.24. The Labute approximate surface area is 320 Å². The summed E-state index contributed by atoms with van der Waals surface area (Å²) in [5.41, 5.74) is 10.6. The molecule has 0 spiro atoms. The monoisotopic (exact) mass is 718 g/mol. The molecule has 0 saturated carbocycles. The number of fused-ring (bicyclic) bond motifs is 10. The van der Waals surface area contributed by atoms with Crippen molar-refractivity contribution < 1.29 is 8.83 Å². The second-order valence-corrected chi connectivity index (χ2v) is 15.3. The van der Waals surface area contributed by atoms with E-state index in [4.69, 9.17) is 8.83 Å². The lowest BCUT2D eigenvalue weighted by molar-refractivity contribution is 0.612. The van der Waals surface area contributed by atoms with Crippen LogP contribution in [0, 0.1) is 0 Å². The predicted octanol–water partition coefficient (Wildman–Crippen LogP) is 15.7. The van der Waals surface area contributed by atoms with Gasteiger partial charge < -0.3 is 8.83 Å². The number of hydrogen-bond donors (Lipinski definition) is 0. The average Bonchev–Trinajstić information content (AvgIpc) is 3.95. The van der Waals surface area contributed by atoms with Gasteiger partial charge in [-0.1, -0.05) is 152 Å². The quantitative estimate of drug-likeness (QED) is 0.169. The van der Waals surface area contributed by atoms with Crippen LogP contribution in [0.5, 0.6) is 0 Å². The molecule has 55 heavy (non-hydrogen) atoms. The molecule has 0 saturated heterocycles. The van der Waals surface area contributed by atoms with Gasteiger partial charge in [-0.2, -0.15) is 0 Å². The molecule has 3 heteroatoms. The number of furan rings is 2. The number of benzene rings is 9. The molecule has 0 unspecified atom stereocenters. The fraction of sp³-hybridized carbons (Fsp3) is 0. The van der Waals surface area contributed by atoms with Gasteiger partial charge in [-0.15, -0.1) is 11.3 Å². The number of rotatable bonds is 4. The van der Waals surface area contributed by atoms with E-state index in [2.05, 4.69) is 176 Å². The smallest absolute Gasteiger partial charge is 0.178 e. The molecule has 0 aliphatic heterocycles. The number of thiophene rings is 1. The minimum Gasteiger partial charge on any atom is -0.452 e. The Kier molecular flexibility index (Phi) is 6.54. The first-order valence-electron chi connectivity index (χ1n) is 18.7. The standard InChI is InChI=1S/C52H30O2S/c1-3-14-31(15-4-1)47-41-28-27-39-43-30-33(26-29-44(43)53-50(39)51(41)54-49(47)32-16-5-2-6-17-32)46-35-19-7-9-21-37(35)48(38-22-10-8-20-36(38)46)42-24-13-23-40-34-18-11-12-25-45(34)55-52(40)42/h1-30H. The van der Waals surface area contributed by atoms with E-state index in [1.807, 2.05) is 17.4 Å². The van der Waals surface area contributed by atoms with Crippen LogP contribution in [0.4, 0.5) is 0 Å². The van der Waals surface area contributed by atoms with E-state index in [1.165, 1.54) is 58.4 Å². The van der Waals surface area contributed by atoms with Crippen LogP contribution in [-0.4, -0.2) is 0 Å². The fourth-order valence-corrected chi connectivity index (χ4v) is 10.1. The molecule has 0 atom stereocenters. The summed E-state index contributed by atoms with van der Waals surface area (Å²) in [7, 11) is 0. The van der Waals surface area contributed by atoms with Crippen molar-refractivity contribution in [2.45, 2.75) is 0 Å². The third-order valence-electron chi connectivity index (χ3n) is 11.3. The Hall–Kier alpha value is -6.94. The summed E-state index contributed by atoms with van der Waals surface area (Å²) in [4.78, 5) is 0. The summed E-state index contributed by atoms with van der Waals surface area (Å²) >= 11 is 1.89. The van der Waals surface area contributed by atoms with Gasteiger partial charge in [0.25, 0.3) is 0 Å². The van der Waals surface area contributed by atoms with Crippen LogP contribution in [0.2, 0.25) is 0 Å². The third-order valence-corrected chi connectivity index (χ3v) is 12.5. The topological polar surface area (TPSA) is 26.3 Å². The normalized spacial score (nSPS) is 12.0. The highest BCUT2D eigenvalue weighted by atomic mass is 32.1. The van der Waals surface area contributed by atoms with E-state index in [9.17, 15) is 0 Å². The molecule has 12 rings (SSSR count). The Balaban J connectivity index is 1.11. The summed E-state index contributed by atoms with van der Waals surface area (Å²) in [6.45, 7) is 0. The predicted molar refractivity (Wildman–Crippen MR) is 233 cm³/mol. The zero-order chi connectivity index (χ0) is 36.0. The van der Waals surface area contributed by atoms with E-state index < -0.39 is 0 Å². The first kappa shape index (κ1) is 30.5. The van der Waals surface area contributed by atoms with Gasteiger partial charge in [0.05, 0.1) is 0 Å². The Bertz CT molecular complexity index is 3420. The van der Waals surface area contributed by atoms with Crippen LogP contribution < -0.4 is 0 Å². The zero-order valence-corrected chi connectivity index (χ0v) is 30.4. The lowest BCUT2D eigenvalue weighted by atomic mass is 9.85. The summed E-state index contributed by atoms with van der Waals surface area (Å²) in [6.07, 6.45) is 0. The highest BCUT2D eigenvalue weighted by molar-refractivity contribution is 7.26. The Morgan fingerprint density at radius 2 is 0.909 bits per heavy atom. The first-order chi connectivity index (χ1) is 27.3. The fourth-order valence-electron chi connectivity index (χ4n) is 8.90. The molecular weight excluding hydrogens is 689 g/mol. The van der Waals surface area contributed by atoms with E-state index in [0.717, 1.165) is 60.9 Å². The maximum Gasteiger partial charge on any atom is 0.178 e. The maximum absolute atomic E-state index is 6.82. The van der Waals surface area contributed by atoms with E-state index in [-0.39, 0.29) is 0 Å². The summed E-state index contributed by atoms with van der Waals surface area (Å²) in [5.74, 6) is 0.847. The third kappa shape index (κ3) is 4.48. The van der Waals surface area contributed by atoms with E-state index >= 15 is 0 Å². The summed E-state index contributed by atoms with van der Waals surface area (Å²) in [6, 6.07) is 65.3. The van der Waals surface area contributed by atoms with E-state index in [0.29, 0.717) is 0 Å². The summed E-state index contributed by atoms with van der Waals surface area (Å²) < 4.78 is 16.2. The molecule has 0 bridgehead atoms. The van der Waals surface area contributed by atoms with Crippen LogP contribution in [0.15, 0.2) is 191 Å². The number of hydrogen-bond acceptors (Lipinski definition) is 3. The maximum atomic E-state index is 6.82. The lowest BCUT2D eigenvalue weighted by Gasteiger charge is -2.18. The molecule has 2 nitrogen and oxygen atoms in total. The largest absolute Gasteiger partial charge is 0.452 e. The van der Waals surface area contributed by atoms with Crippen molar-refractivity contribution in [1.82, 2.24) is 0 Å². The Morgan fingerprint density at radius 1 is 0.327 bits per heavy atom. The molecule has 3 heterocycles. The van der Waals surface area contributed by atoms with Gasteiger partial charge in [0, 0.05) is 53.0 Å². The van der Waals surface area contributed by atoms with Gasteiger partial charge in [0.1, 0.15) is 11.3 Å². The van der Waals surface area contributed by atoms with Crippen molar-refractivity contribution in [3.8, 4) is 44.7 Å². The molecule has 12 aromatic rings. The van der Waals surface area contributed by atoms with Gasteiger partial charge in [0.15, 0.2) is 11.2 Å². The molecular formula is C52H30O2S. The van der Waals surface area contributed by atoms with Gasteiger partial charge in [-0.05, 0) is 74.1 Å². The molecule has 9 aromatic carbocycles. The molecule has 0 fully saturated rings. The molecule has 0 N–H and O–H groups in total. The molecule has 3 aromatic heterocycles. The van der Waals surface area contributed by atoms with Crippen molar-refractivity contribution in [2.24, 2.45) is 0 Å². The van der Waals surface area contributed by atoms with Gasteiger partial charge in [0.2, 0.25) is 0 Å². The van der Waals surface area contributed by atoms with E-state index in [1.54, 1.807) is 0 Å². The van der Waals surface area contributed by atoms with Crippen molar-refractivity contribution in [1.29, 1.82) is 0 Å². The average molecular weight is 719 g/mol. The van der Waals surface area contributed by atoms with Gasteiger partial charge >= 0.3 is 0 Å². The van der Waals surface area contributed by atoms with Crippen LogP contribution >= 0.6 is 11.3 Å². The van der Waals surface area contributed by atoms with Crippen molar-refractivity contribution in [3.63, 3.8) is 0 Å². The summed E-state index contributed by atoms with van der Waals surface area (Å²) in [5, 5.41) is 10.7. The van der Waals surface area contributed by atoms with Crippen LogP contribution in [0.3, 0.4) is 0 Å². The zero-order valence-electron chi connectivity index (χ0n) is 29.5. The van der Waals surface area contributed by atoms with Crippen LogP contribution in [0.1, 0.15) is 0 Å². The lowest BCUT2D eigenvalue weighted by Crippen LogP contribution is -1.91. The van der Waals surface area contributed by atoms with Crippen LogP contribution in [-0.2, 0) is 0 Å². The molecule has 0 radical (unpaired) electrons. The van der Waals surface area contributed by atoms with Crippen molar-refractivity contribution in [2.75, 3.05) is 0 Å². The minimum atomic E-state index is 0.767. The van der Waals surface area contributed by atoms with Gasteiger partial charge in [-0.25, -0.2) is 0 Å². The molecule has 0 aliphatic rings. The second-order valence-electron chi connectivity index (χ2n) is 14.3. The minimum absolute atomic E-state index is 0.767. The SMILES string of the molecule is c1ccc(-c2oc3c(ccc4c5cc(-c6c7ccccc7c(-c7cccc8c7sc7ccccc78)c7ccccc67)ccc5oc43)c2-c2ccccc2)cc1. The Morgan fingerprint density at radius 3 is 1.64 bits per heavy atom. The van der Waals surface area contributed by atoms with Crippen molar-refractivity contribution >= 4 is 86.0 Å². The molecule has 256 valence electrons. The molecule has 0 amide bonds. The van der Waals surface area contributed by atoms with Gasteiger partial charge in [-0.3, -0.25) is 0 Å². The molecule has 0 aliphatic carbocycles.